The first-order chi connectivity index (χ1) is 28.5. The molecule has 0 aliphatic heterocycles. The van der Waals surface area contributed by atoms with Crippen molar-refractivity contribution in [2.75, 3.05) is 0 Å². The number of alkyl halides is 2. The normalized spacial score (nSPS) is 17.1. The van der Waals surface area contributed by atoms with Crippen LogP contribution in [0.2, 0.25) is 0 Å². The third-order valence-corrected chi connectivity index (χ3v) is 14.9. The van der Waals surface area contributed by atoms with Crippen LogP contribution in [0.5, 0.6) is 0 Å². The van der Waals surface area contributed by atoms with Crippen LogP contribution in [0, 0.1) is 81.8 Å². The van der Waals surface area contributed by atoms with Gasteiger partial charge in [-0.05, 0) is 114 Å². The molecular weight excluding hydrogens is 759 g/mol. The van der Waals surface area contributed by atoms with Gasteiger partial charge < -0.3 is 0 Å². The summed E-state index contributed by atoms with van der Waals surface area (Å²) < 4.78 is 26.1. The van der Waals surface area contributed by atoms with Crippen LogP contribution in [0.1, 0.15) is 300 Å². The first-order valence-electron chi connectivity index (χ1n) is 27.9. The van der Waals surface area contributed by atoms with Crippen molar-refractivity contribution in [3.8, 4) is 0 Å². The molecule has 0 aromatic carbocycles. The summed E-state index contributed by atoms with van der Waals surface area (Å²) in [5.74, 6) is 6.98. The number of halogens is 2. The first-order valence-corrected chi connectivity index (χ1v) is 27.9. The maximum absolute atomic E-state index is 13.1. The smallest absolute Gasteiger partial charge is 0.207 e. The molecular formula is C60H124F2. The molecule has 2 saturated carbocycles. The van der Waals surface area contributed by atoms with E-state index in [9.17, 15) is 8.78 Å². The van der Waals surface area contributed by atoms with Gasteiger partial charge in [0.2, 0.25) is 5.92 Å². The lowest BCUT2D eigenvalue weighted by Gasteiger charge is -2.29. The van der Waals surface area contributed by atoms with Gasteiger partial charge in [0.1, 0.15) is 0 Å². The molecule has 378 valence electrons. The summed E-state index contributed by atoms with van der Waals surface area (Å²) in [5, 5.41) is 0. The molecule has 0 N–H and O–H groups in total. The Morgan fingerprint density at radius 1 is 0.435 bits per heavy atom. The average molecular weight is 884 g/mol. The van der Waals surface area contributed by atoms with Gasteiger partial charge in [-0.2, -0.15) is 0 Å². The van der Waals surface area contributed by atoms with Gasteiger partial charge in [-0.1, -0.05) is 255 Å². The summed E-state index contributed by atoms with van der Waals surface area (Å²) in [6.07, 6.45) is 30.2. The minimum Gasteiger partial charge on any atom is -0.207 e. The van der Waals surface area contributed by atoms with Crippen molar-refractivity contribution < 1.29 is 8.78 Å². The maximum Gasteiger partial charge on any atom is 0.250 e. The second-order valence-electron chi connectivity index (χ2n) is 25.6. The number of hydrogen-bond donors (Lipinski definition) is 0. The number of unbranched alkanes of at least 4 members (excludes halogenated alkanes) is 5. The van der Waals surface area contributed by atoms with Crippen molar-refractivity contribution in [2.24, 2.45) is 81.8 Å². The van der Waals surface area contributed by atoms with Gasteiger partial charge in [0.05, 0.1) is 0 Å². The van der Waals surface area contributed by atoms with Gasteiger partial charge in [0.15, 0.2) is 0 Å². The van der Waals surface area contributed by atoms with E-state index in [1.54, 1.807) is 13.8 Å². The molecule has 62 heavy (non-hydrogen) atoms. The third kappa shape index (κ3) is 41.3. The summed E-state index contributed by atoms with van der Waals surface area (Å²) in [6, 6.07) is 0. The fourth-order valence-electron chi connectivity index (χ4n) is 8.42. The summed E-state index contributed by atoms with van der Waals surface area (Å²) in [7, 11) is 0. The molecule has 0 heterocycles. The van der Waals surface area contributed by atoms with Gasteiger partial charge >= 0.3 is 0 Å². The molecule has 0 radical (unpaired) electrons. The molecule has 2 aliphatic carbocycles. The summed E-state index contributed by atoms with van der Waals surface area (Å²) in [5.41, 5.74) is 1.33. The van der Waals surface area contributed by atoms with Crippen molar-refractivity contribution in [3.63, 3.8) is 0 Å². The highest BCUT2D eigenvalue weighted by Gasteiger charge is 2.44. The molecule has 0 nitrogen and oxygen atoms in total. The lowest BCUT2D eigenvalue weighted by Crippen LogP contribution is -2.23. The van der Waals surface area contributed by atoms with E-state index in [-0.39, 0.29) is 6.42 Å². The van der Waals surface area contributed by atoms with E-state index in [4.69, 9.17) is 0 Å². The molecule has 0 saturated heterocycles. The Morgan fingerprint density at radius 2 is 0.790 bits per heavy atom. The third-order valence-electron chi connectivity index (χ3n) is 14.9. The standard InChI is InChI=1S/C13H26.C13H28.C12H24.C11H22F2.C11H24/c1-11(2)7-5-6-8-13(9-10-13)12(3)4;1-11(2)9-7-8-10-13(5,6)12(3)4;1-9(2)6-5-7-11-8-12(11)10(3)4;1-9(2)7-5-6-8-11(12,13)10(3)4;1-10(2)8-6-5-7-9-11(3)4/h11-12H,5-10H2,1-4H3;11-12H,7-10H2,1-6H3;9-12H,5-8H2,1-4H3;9-10H,5-8H2,1-4H3;10-11H,5-9H2,1-4H3. The van der Waals surface area contributed by atoms with E-state index < -0.39 is 11.8 Å². The van der Waals surface area contributed by atoms with Crippen LogP contribution in [-0.2, 0) is 0 Å². The number of rotatable bonds is 29. The van der Waals surface area contributed by atoms with Gasteiger partial charge in [0, 0.05) is 12.3 Å². The number of hydrogen-bond acceptors (Lipinski definition) is 0. The molecule has 2 atom stereocenters. The molecule has 0 aromatic rings. The lowest BCUT2D eigenvalue weighted by molar-refractivity contribution is -0.0541. The van der Waals surface area contributed by atoms with Crippen molar-refractivity contribution in [2.45, 2.75) is 306 Å². The molecule has 2 heteroatoms. The fourth-order valence-corrected chi connectivity index (χ4v) is 8.42. The van der Waals surface area contributed by atoms with E-state index in [0.29, 0.717) is 17.8 Å². The van der Waals surface area contributed by atoms with E-state index >= 15 is 0 Å². The fraction of sp³-hybridized carbons (Fsp3) is 1.00. The quantitative estimate of drug-likeness (QED) is 0.0657. The van der Waals surface area contributed by atoms with Crippen molar-refractivity contribution in [1.29, 1.82) is 0 Å². The Labute approximate surface area is 395 Å². The first kappa shape index (κ1) is 66.1. The molecule has 0 spiro atoms. The monoisotopic (exact) mass is 883 g/mol. The van der Waals surface area contributed by atoms with E-state index in [1.807, 2.05) is 0 Å². The molecule has 0 aromatic heterocycles. The zero-order valence-corrected chi connectivity index (χ0v) is 47.4. The van der Waals surface area contributed by atoms with Gasteiger partial charge in [-0.3, -0.25) is 0 Å². The van der Waals surface area contributed by atoms with Crippen LogP contribution in [-0.4, -0.2) is 5.92 Å². The topological polar surface area (TPSA) is 0 Å². The molecule has 2 fully saturated rings. The predicted octanol–water partition coefficient (Wildman–Crippen LogP) is 22.4. The minimum atomic E-state index is -2.46. The van der Waals surface area contributed by atoms with Crippen molar-refractivity contribution >= 4 is 0 Å². The van der Waals surface area contributed by atoms with Gasteiger partial charge in [0.25, 0.3) is 0 Å². The largest absolute Gasteiger partial charge is 0.250 e. The Hall–Kier alpha value is -0.140. The molecule has 2 aliphatic rings. The molecule has 0 amide bonds. The summed E-state index contributed by atoms with van der Waals surface area (Å²) in [6.45, 7) is 49.6. The van der Waals surface area contributed by atoms with E-state index in [1.165, 1.54) is 122 Å². The second-order valence-corrected chi connectivity index (χ2v) is 25.6. The second kappa shape index (κ2) is 36.9. The van der Waals surface area contributed by atoms with Crippen LogP contribution in [0.25, 0.3) is 0 Å². The Bertz CT molecular complexity index is 872. The predicted molar refractivity (Wildman–Crippen MR) is 283 cm³/mol. The molecule has 2 rings (SSSR count). The van der Waals surface area contributed by atoms with Crippen molar-refractivity contribution in [3.05, 3.63) is 0 Å². The van der Waals surface area contributed by atoms with Crippen LogP contribution < -0.4 is 0 Å². The van der Waals surface area contributed by atoms with Gasteiger partial charge in [-0.25, -0.2) is 8.78 Å². The Balaban J connectivity index is -0.000000703. The van der Waals surface area contributed by atoms with Crippen LogP contribution in [0.4, 0.5) is 8.78 Å². The average Bonchev–Trinajstić information content (AvgIpc) is 4.07. The molecule has 2 unspecified atom stereocenters. The Morgan fingerprint density at radius 3 is 1.10 bits per heavy atom. The Kier molecular flexibility index (Phi) is 39.4. The van der Waals surface area contributed by atoms with Crippen molar-refractivity contribution in [1.82, 2.24) is 0 Å². The summed E-state index contributed by atoms with van der Waals surface area (Å²) in [4.78, 5) is 0. The minimum absolute atomic E-state index is 0.0530. The van der Waals surface area contributed by atoms with Crippen LogP contribution in [0.15, 0.2) is 0 Å². The van der Waals surface area contributed by atoms with E-state index in [0.717, 1.165) is 77.4 Å². The lowest BCUT2D eigenvalue weighted by atomic mass is 9.77. The van der Waals surface area contributed by atoms with Crippen LogP contribution >= 0.6 is 0 Å². The summed E-state index contributed by atoms with van der Waals surface area (Å²) >= 11 is 0. The SMILES string of the molecule is CC(C)CCCC1CC1C(C)C.CC(C)CCCCC(C)(C)C(C)C.CC(C)CCCCC(F)(F)C(C)C.CC(C)CCCCC1(C(C)C)CC1.CC(C)CCCCCC(C)C. The zero-order valence-electron chi connectivity index (χ0n) is 47.4. The van der Waals surface area contributed by atoms with Gasteiger partial charge in [-0.15, -0.1) is 0 Å². The zero-order chi connectivity index (χ0) is 48.7. The van der Waals surface area contributed by atoms with Crippen LogP contribution in [0.3, 0.4) is 0 Å². The highest BCUT2D eigenvalue weighted by molar-refractivity contribution is 4.95. The highest BCUT2D eigenvalue weighted by Crippen LogP contribution is 2.55. The maximum atomic E-state index is 13.1. The molecule has 0 bridgehead atoms. The van der Waals surface area contributed by atoms with E-state index in [2.05, 4.69) is 138 Å². The highest BCUT2D eigenvalue weighted by atomic mass is 19.3.